The standard InChI is InChI=1S/C17H25N3O3S/c18-11-15-5-1-2-9-20(15)17(21)14-4-3-6-16(10-14)24(22,23)19-12-13-7-8-13/h3-4,6,10,13,15,19H,1-2,5,7-9,11-12,18H2. The Balaban J connectivity index is 1.77. The molecule has 2 fully saturated rings. The van der Waals surface area contributed by atoms with Crippen LogP contribution in [0.2, 0.25) is 0 Å². The van der Waals surface area contributed by atoms with Crippen molar-refractivity contribution in [1.29, 1.82) is 0 Å². The highest BCUT2D eigenvalue weighted by molar-refractivity contribution is 7.89. The van der Waals surface area contributed by atoms with Crippen molar-refractivity contribution < 1.29 is 13.2 Å². The minimum Gasteiger partial charge on any atom is -0.334 e. The average Bonchev–Trinajstić information content (AvgIpc) is 3.44. The Bertz CT molecular complexity index is 701. The topological polar surface area (TPSA) is 92.5 Å². The van der Waals surface area contributed by atoms with Gasteiger partial charge >= 0.3 is 0 Å². The second-order valence-electron chi connectivity index (χ2n) is 6.71. The van der Waals surface area contributed by atoms with Gasteiger partial charge in [-0.1, -0.05) is 6.07 Å². The SMILES string of the molecule is NCC1CCCCN1C(=O)c1cccc(S(=O)(=O)NCC2CC2)c1. The van der Waals surface area contributed by atoms with Gasteiger partial charge in [0.05, 0.1) is 4.90 Å². The average molecular weight is 351 g/mol. The van der Waals surface area contributed by atoms with Crippen LogP contribution in [-0.4, -0.2) is 44.9 Å². The maximum Gasteiger partial charge on any atom is 0.254 e. The number of carbonyl (C=O) groups excluding carboxylic acids is 1. The van der Waals surface area contributed by atoms with Crippen LogP contribution in [-0.2, 0) is 10.0 Å². The Morgan fingerprint density at radius 1 is 1.25 bits per heavy atom. The Labute approximate surface area is 143 Å². The number of benzene rings is 1. The zero-order valence-corrected chi connectivity index (χ0v) is 14.6. The molecule has 1 aliphatic carbocycles. The van der Waals surface area contributed by atoms with Gasteiger partial charge in [0.1, 0.15) is 0 Å². The minimum absolute atomic E-state index is 0.0412. The van der Waals surface area contributed by atoms with Gasteiger partial charge in [0.25, 0.3) is 5.91 Å². The van der Waals surface area contributed by atoms with Gasteiger partial charge in [-0.05, 0) is 56.2 Å². The van der Waals surface area contributed by atoms with Crippen molar-refractivity contribution in [2.45, 2.75) is 43.0 Å². The van der Waals surface area contributed by atoms with Gasteiger partial charge < -0.3 is 10.6 Å². The molecule has 1 amide bonds. The van der Waals surface area contributed by atoms with Crippen LogP contribution in [0.3, 0.4) is 0 Å². The Kier molecular flexibility index (Phi) is 5.22. The molecule has 0 bridgehead atoms. The van der Waals surface area contributed by atoms with E-state index in [9.17, 15) is 13.2 Å². The van der Waals surface area contributed by atoms with E-state index in [1.807, 2.05) is 0 Å². The van der Waals surface area contributed by atoms with Crippen LogP contribution in [0, 0.1) is 5.92 Å². The molecule has 1 atom stereocenters. The summed E-state index contributed by atoms with van der Waals surface area (Å²) in [6.45, 7) is 1.59. The van der Waals surface area contributed by atoms with Gasteiger partial charge in [-0.2, -0.15) is 0 Å². The lowest BCUT2D eigenvalue weighted by atomic mass is 10.0. The predicted molar refractivity (Wildman–Crippen MR) is 92.1 cm³/mol. The smallest absolute Gasteiger partial charge is 0.254 e. The van der Waals surface area contributed by atoms with E-state index in [0.717, 1.165) is 32.1 Å². The molecule has 1 aromatic rings. The molecule has 1 unspecified atom stereocenters. The van der Waals surface area contributed by atoms with Gasteiger partial charge in [-0.3, -0.25) is 4.79 Å². The Hall–Kier alpha value is -1.44. The number of nitrogens with two attached hydrogens (primary N) is 1. The first-order chi connectivity index (χ1) is 11.5. The number of amides is 1. The number of sulfonamides is 1. The van der Waals surface area contributed by atoms with Crippen molar-refractivity contribution in [3.05, 3.63) is 29.8 Å². The molecule has 24 heavy (non-hydrogen) atoms. The first kappa shape index (κ1) is 17.4. The number of carbonyl (C=O) groups is 1. The zero-order chi connectivity index (χ0) is 17.2. The fourth-order valence-corrected chi connectivity index (χ4v) is 4.27. The summed E-state index contributed by atoms with van der Waals surface area (Å²) >= 11 is 0. The van der Waals surface area contributed by atoms with Crippen molar-refractivity contribution in [3.8, 4) is 0 Å². The van der Waals surface area contributed by atoms with E-state index in [1.54, 1.807) is 17.0 Å². The highest BCUT2D eigenvalue weighted by Gasteiger charge is 2.28. The van der Waals surface area contributed by atoms with E-state index in [4.69, 9.17) is 5.73 Å². The van der Waals surface area contributed by atoms with Crippen LogP contribution in [0.25, 0.3) is 0 Å². The summed E-state index contributed by atoms with van der Waals surface area (Å²) < 4.78 is 27.4. The fraction of sp³-hybridized carbons (Fsp3) is 0.588. The van der Waals surface area contributed by atoms with E-state index >= 15 is 0 Å². The molecule has 1 saturated carbocycles. The lowest BCUT2D eigenvalue weighted by Crippen LogP contribution is -2.47. The number of rotatable bonds is 6. The number of hydrogen-bond donors (Lipinski definition) is 2. The molecule has 0 radical (unpaired) electrons. The van der Waals surface area contributed by atoms with Crippen molar-refractivity contribution in [2.24, 2.45) is 11.7 Å². The highest BCUT2D eigenvalue weighted by atomic mass is 32.2. The largest absolute Gasteiger partial charge is 0.334 e. The third-order valence-corrected chi connectivity index (χ3v) is 6.23. The van der Waals surface area contributed by atoms with Crippen molar-refractivity contribution >= 4 is 15.9 Å². The normalized spacial score (nSPS) is 21.7. The third kappa shape index (κ3) is 3.96. The first-order valence-electron chi connectivity index (χ1n) is 8.62. The first-order valence-corrected chi connectivity index (χ1v) is 10.1. The maximum atomic E-state index is 12.8. The summed E-state index contributed by atoms with van der Waals surface area (Å²) in [7, 11) is -3.57. The molecule has 3 N–H and O–H groups in total. The Morgan fingerprint density at radius 2 is 2.04 bits per heavy atom. The quantitative estimate of drug-likeness (QED) is 0.809. The lowest BCUT2D eigenvalue weighted by molar-refractivity contribution is 0.0623. The molecular formula is C17H25N3O3S. The summed E-state index contributed by atoms with van der Waals surface area (Å²) in [5, 5.41) is 0. The molecule has 1 aromatic carbocycles. The molecular weight excluding hydrogens is 326 g/mol. The lowest BCUT2D eigenvalue weighted by Gasteiger charge is -2.35. The molecule has 1 aliphatic heterocycles. The second kappa shape index (κ2) is 7.21. The van der Waals surface area contributed by atoms with Gasteiger partial charge in [0, 0.05) is 31.2 Å². The minimum atomic E-state index is -3.57. The summed E-state index contributed by atoms with van der Waals surface area (Å²) in [6, 6.07) is 6.34. The molecule has 6 nitrogen and oxygen atoms in total. The van der Waals surface area contributed by atoms with E-state index in [2.05, 4.69) is 4.72 Å². The van der Waals surface area contributed by atoms with E-state index < -0.39 is 10.0 Å². The van der Waals surface area contributed by atoms with Gasteiger partial charge in [0.2, 0.25) is 10.0 Å². The molecule has 0 spiro atoms. The number of likely N-dealkylation sites (tertiary alicyclic amines) is 1. The predicted octanol–water partition coefficient (Wildman–Crippen LogP) is 1.33. The highest BCUT2D eigenvalue weighted by Crippen LogP contribution is 2.28. The second-order valence-corrected chi connectivity index (χ2v) is 8.47. The van der Waals surface area contributed by atoms with Gasteiger partial charge in [-0.25, -0.2) is 13.1 Å². The van der Waals surface area contributed by atoms with Crippen LogP contribution in [0.4, 0.5) is 0 Å². The molecule has 0 aromatic heterocycles. The monoisotopic (exact) mass is 351 g/mol. The van der Waals surface area contributed by atoms with Crippen LogP contribution in [0.5, 0.6) is 0 Å². The third-order valence-electron chi connectivity index (χ3n) is 4.81. The summed E-state index contributed by atoms with van der Waals surface area (Å²) in [5.41, 5.74) is 6.19. The van der Waals surface area contributed by atoms with Crippen LogP contribution < -0.4 is 10.5 Å². The Morgan fingerprint density at radius 3 is 2.75 bits per heavy atom. The fourth-order valence-electron chi connectivity index (χ4n) is 3.11. The van der Waals surface area contributed by atoms with Gasteiger partial charge in [0.15, 0.2) is 0 Å². The number of piperidine rings is 1. The molecule has 2 aliphatic rings. The van der Waals surface area contributed by atoms with Crippen molar-refractivity contribution in [2.75, 3.05) is 19.6 Å². The summed E-state index contributed by atoms with van der Waals surface area (Å²) in [4.78, 5) is 14.7. The number of nitrogens with zero attached hydrogens (tertiary/aromatic N) is 1. The summed E-state index contributed by atoms with van der Waals surface area (Å²) in [5.74, 6) is 0.327. The zero-order valence-electron chi connectivity index (χ0n) is 13.8. The van der Waals surface area contributed by atoms with E-state index in [0.29, 0.717) is 31.1 Å². The molecule has 7 heteroatoms. The van der Waals surface area contributed by atoms with Crippen molar-refractivity contribution in [1.82, 2.24) is 9.62 Å². The van der Waals surface area contributed by atoms with Crippen LogP contribution in [0.1, 0.15) is 42.5 Å². The molecule has 1 heterocycles. The summed E-state index contributed by atoms with van der Waals surface area (Å²) in [6.07, 6.45) is 5.10. The molecule has 132 valence electrons. The molecule has 3 rings (SSSR count). The maximum absolute atomic E-state index is 12.8. The van der Waals surface area contributed by atoms with E-state index in [1.165, 1.54) is 12.1 Å². The van der Waals surface area contributed by atoms with Crippen LogP contribution in [0.15, 0.2) is 29.2 Å². The number of hydrogen-bond acceptors (Lipinski definition) is 4. The van der Waals surface area contributed by atoms with Gasteiger partial charge in [-0.15, -0.1) is 0 Å². The van der Waals surface area contributed by atoms with Crippen LogP contribution >= 0.6 is 0 Å². The van der Waals surface area contributed by atoms with Crippen molar-refractivity contribution in [3.63, 3.8) is 0 Å². The molecule has 1 saturated heterocycles. The van der Waals surface area contributed by atoms with E-state index in [-0.39, 0.29) is 16.8 Å². The number of nitrogens with one attached hydrogen (secondary N) is 1.